The first-order valence-corrected chi connectivity index (χ1v) is 11.5. The van der Waals surface area contributed by atoms with Crippen molar-refractivity contribution in [2.24, 2.45) is 11.8 Å². The molecule has 0 bridgehead atoms. The molecule has 1 fully saturated rings. The number of nitrogens with one attached hydrogen (secondary N) is 2. The molecule has 2 amide bonds. The minimum absolute atomic E-state index is 0.0120. The molecule has 1 saturated carbocycles. The molecule has 2 aromatic rings. The first-order chi connectivity index (χ1) is 15.9. The molecule has 0 spiro atoms. The predicted molar refractivity (Wildman–Crippen MR) is 124 cm³/mol. The Labute approximate surface area is 193 Å². The molecule has 2 aliphatic carbocycles. The summed E-state index contributed by atoms with van der Waals surface area (Å²) in [7, 11) is 0. The Bertz CT molecular complexity index is 987. The first-order valence-electron chi connectivity index (χ1n) is 11.5. The molecule has 2 atom stereocenters. The maximum Gasteiger partial charge on any atom is 0.407 e. The lowest BCUT2D eigenvalue weighted by atomic mass is 9.98. The molecule has 2 aromatic carbocycles. The maximum atomic E-state index is 12.3. The Morgan fingerprint density at radius 3 is 2.21 bits per heavy atom. The van der Waals surface area contributed by atoms with Crippen LogP contribution in [0.3, 0.4) is 0 Å². The lowest BCUT2D eigenvalue weighted by molar-refractivity contribution is -0.142. The monoisotopic (exact) mass is 450 g/mol. The van der Waals surface area contributed by atoms with Gasteiger partial charge in [0, 0.05) is 18.9 Å². The number of rotatable bonds is 10. The van der Waals surface area contributed by atoms with E-state index in [1.807, 2.05) is 31.2 Å². The number of benzene rings is 2. The fraction of sp³-hybridized carbons (Fsp3) is 0.423. The zero-order valence-electron chi connectivity index (χ0n) is 18.8. The van der Waals surface area contributed by atoms with Gasteiger partial charge in [-0.3, -0.25) is 4.79 Å². The topological polar surface area (TPSA) is 105 Å². The normalized spacial score (nSPS) is 16.3. The van der Waals surface area contributed by atoms with Crippen LogP contribution in [0.25, 0.3) is 11.1 Å². The van der Waals surface area contributed by atoms with Crippen molar-refractivity contribution < 1.29 is 24.2 Å². The zero-order valence-corrected chi connectivity index (χ0v) is 18.8. The summed E-state index contributed by atoms with van der Waals surface area (Å²) in [5.41, 5.74) is 4.69. The van der Waals surface area contributed by atoms with E-state index in [4.69, 9.17) is 4.74 Å². The summed E-state index contributed by atoms with van der Waals surface area (Å²) in [5, 5.41) is 14.6. The van der Waals surface area contributed by atoms with Gasteiger partial charge in [0.05, 0.1) is 0 Å². The van der Waals surface area contributed by atoms with Gasteiger partial charge in [0.15, 0.2) is 0 Å². The molecule has 0 saturated heterocycles. The molecule has 4 rings (SSSR count). The SMILES string of the molecule is CC(CCC(=O)NC(C(=O)O)C1CC1)CNC(=O)OCC1c2ccccc2-c2ccccc21. The van der Waals surface area contributed by atoms with Gasteiger partial charge in [0.25, 0.3) is 0 Å². The number of carbonyl (C=O) groups is 3. The van der Waals surface area contributed by atoms with Crippen LogP contribution in [0.1, 0.15) is 49.7 Å². The summed E-state index contributed by atoms with van der Waals surface area (Å²) in [6, 6.07) is 15.6. The van der Waals surface area contributed by atoms with Crippen molar-refractivity contribution in [1.82, 2.24) is 10.6 Å². The van der Waals surface area contributed by atoms with Gasteiger partial charge >= 0.3 is 12.1 Å². The Morgan fingerprint density at radius 2 is 1.64 bits per heavy atom. The third kappa shape index (κ3) is 5.53. The van der Waals surface area contributed by atoms with E-state index in [1.165, 1.54) is 11.1 Å². The Balaban J connectivity index is 1.20. The lowest BCUT2D eigenvalue weighted by Crippen LogP contribution is -2.42. The van der Waals surface area contributed by atoms with Crippen LogP contribution < -0.4 is 10.6 Å². The molecule has 0 heterocycles. The van der Waals surface area contributed by atoms with Gasteiger partial charge < -0.3 is 20.5 Å². The Hall–Kier alpha value is -3.35. The van der Waals surface area contributed by atoms with Crippen molar-refractivity contribution >= 4 is 18.0 Å². The number of amides is 2. The predicted octanol–water partition coefficient (Wildman–Crippen LogP) is 3.92. The summed E-state index contributed by atoms with van der Waals surface area (Å²) in [5.74, 6) is -1.12. The Kier molecular flexibility index (Phi) is 6.96. The molecular weight excluding hydrogens is 420 g/mol. The molecular formula is C26H30N2O5. The van der Waals surface area contributed by atoms with Crippen molar-refractivity contribution in [3.63, 3.8) is 0 Å². The van der Waals surface area contributed by atoms with E-state index < -0.39 is 18.1 Å². The standard InChI is InChI=1S/C26H30N2O5/c1-16(10-13-23(29)28-24(25(30)31)17-11-12-17)14-27-26(32)33-15-22-20-8-4-2-6-18(20)19-7-3-5-9-21(19)22/h2-9,16-17,22,24H,10-15H2,1H3,(H,27,32)(H,28,29)(H,30,31). The van der Waals surface area contributed by atoms with E-state index >= 15 is 0 Å². The molecule has 2 aliphatic rings. The molecule has 0 aromatic heterocycles. The van der Waals surface area contributed by atoms with Gasteiger partial charge in [-0.15, -0.1) is 0 Å². The molecule has 7 heteroatoms. The number of hydrogen-bond acceptors (Lipinski definition) is 4. The van der Waals surface area contributed by atoms with Crippen LogP contribution in [-0.2, 0) is 14.3 Å². The number of alkyl carbamates (subject to hydrolysis) is 1. The molecule has 3 N–H and O–H groups in total. The van der Waals surface area contributed by atoms with Gasteiger partial charge in [-0.05, 0) is 53.4 Å². The highest BCUT2D eigenvalue weighted by molar-refractivity contribution is 5.84. The van der Waals surface area contributed by atoms with E-state index in [0.29, 0.717) is 13.0 Å². The highest BCUT2D eigenvalue weighted by Crippen LogP contribution is 2.44. The summed E-state index contributed by atoms with van der Waals surface area (Å²) >= 11 is 0. The fourth-order valence-corrected chi connectivity index (χ4v) is 4.44. The third-order valence-corrected chi connectivity index (χ3v) is 6.48. The van der Waals surface area contributed by atoms with Crippen LogP contribution in [0.4, 0.5) is 4.79 Å². The number of carbonyl (C=O) groups excluding carboxylic acids is 2. The summed E-state index contributed by atoms with van der Waals surface area (Å²) in [6.45, 7) is 2.58. The number of aliphatic carboxylic acids is 1. The number of carboxylic acid groups (broad SMARTS) is 1. The van der Waals surface area contributed by atoms with Gasteiger partial charge in [0.2, 0.25) is 5.91 Å². The van der Waals surface area contributed by atoms with E-state index in [2.05, 4.69) is 34.9 Å². The van der Waals surface area contributed by atoms with Gasteiger partial charge in [0.1, 0.15) is 12.6 Å². The van der Waals surface area contributed by atoms with Gasteiger partial charge in [-0.1, -0.05) is 55.5 Å². The second kappa shape index (κ2) is 10.1. The van der Waals surface area contributed by atoms with Crippen molar-refractivity contribution in [2.45, 2.75) is 44.6 Å². The van der Waals surface area contributed by atoms with Gasteiger partial charge in [-0.25, -0.2) is 9.59 Å². The van der Waals surface area contributed by atoms with E-state index in [1.54, 1.807) is 0 Å². The minimum atomic E-state index is -0.976. The summed E-state index contributed by atoms with van der Waals surface area (Å²) in [4.78, 5) is 35.6. The van der Waals surface area contributed by atoms with Crippen LogP contribution in [0.2, 0.25) is 0 Å². The number of fused-ring (bicyclic) bond motifs is 3. The van der Waals surface area contributed by atoms with Crippen LogP contribution in [0.5, 0.6) is 0 Å². The first kappa shape index (κ1) is 22.8. The smallest absolute Gasteiger partial charge is 0.407 e. The van der Waals surface area contributed by atoms with Crippen LogP contribution in [0.15, 0.2) is 48.5 Å². The van der Waals surface area contributed by atoms with Gasteiger partial charge in [-0.2, -0.15) is 0 Å². The van der Waals surface area contributed by atoms with Crippen LogP contribution in [-0.4, -0.2) is 42.3 Å². The van der Waals surface area contributed by atoms with Crippen molar-refractivity contribution in [1.29, 1.82) is 0 Å². The second-order valence-corrected chi connectivity index (χ2v) is 9.07. The molecule has 174 valence electrons. The maximum absolute atomic E-state index is 12.3. The fourth-order valence-electron chi connectivity index (χ4n) is 4.44. The molecule has 0 aliphatic heterocycles. The van der Waals surface area contributed by atoms with Crippen molar-refractivity contribution in [2.75, 3.05) is 13.2 Å². The average molecular weight is 451 g/mol. The highest BCUT2D eigenvalue weighted by Gasteiger charge is 2.37. The second-order valence-electron chi connectivity index (χ2n) is 9.07. The highest BCUT2D eigenvalue weighted by atomic mass is 16.5. The van der Waals surface area contributed by atoms with E-state index in [9.17, 15) is 19.5 Å². The third-order valence-electron chi connectivity index (χ3n) is 6.48. The lowest BCUT2D eigenvalue weighted by Gasteiger charge is -2.17. The van der Waals surface area contributed by atoms with Crippen LogP contribution in [0, 0.1) is 11.8 Å². The van der Waals surface area contributed by atoms with Crippen LogP contribution >= 0.6 is 0 Å². The summed E-state index contributed by atoms with van der Waals surface area (Å²) in [6.07, 6.45) is 1.99. The molecule has 0 radical (unpaired) electrons. The quantitative estimate of drug-likeness (QED) is 0.509. The van der Waals surface area contributed by atoms with E-state index in [0.717, 1.165) is 24.0 Å². The zero-order chi connectivity index (χ0) is 23.4. The Morgan fingerprint density at radius 1 is 1.03 bits per heavy atom. The average Bonchev–Trinajstić information content (AvgIpc) is 3.60. The molecule has 33 heavy (non-hydrogen) atoms. The number of hydrogen-bond donors (Lipinski definition) is 3. The van der Waals surface area contributed by atoms with Crippen molar-refractivity contribution in [3.8, 4) is 11.1 Å². The van der Waals surface area contributed by atoms with Crippen molar-refractivity contribution in [3.05, 3.63) is 59.7 Å². The number of ether oxygens (including phenoxy) is 1. The summed E-state index contributed by atoms with van der Waals surface area (Å²) < 4.78 is 5.53. The largest absolute Gasteiger partial charge is 0.480 e. The molecule has 7 nitrogen and oxygen atoms in total. The molecule has 2 unspecified atom stereocenters. The number of carboxylic acids is 1. The van der Waals surface area contributed by atoms with E-state index in [-0.39, 0.29) is 36.7 Å². The minimum Gasteiger partial charge on any atom is -0.480 e.